The van der Waals surface area contributed by atoms with Gasteiger partial charge in [0.25, 0.3) is 0 Å². The molecular weight excluding hydrogens is 300 g/mol. The second kappa shape index (κ2) is 5.45. The third-order valence-corrected chi connectivity index (χ3v) is 5.24. The summed E-state index contributed by atoms with van der Waals surface area (Å²) >= 11 is 3.62. The molecular formula is C16H23BrN2. The van der Waals surface area contributed by atoms with Gasteiger partial charge in [-0.05, 0) is 50.4 Å². The zero-order valence-corrected chi connectivity index (χ0v) is 13.5. The van der Waals surface area contributed by atoms with Crippen LogP contribution in [0.1, 0.15) is 31.7 Å². The molecule has 0 bridgehead atoms. The predicted molar refractivity (Wildman–Crippen MR) is 84.9 cm³/mol. The Kier molecular flexibility index (Phi) is 3.86. The summed E-state index contributed by atoms with van der Waals surface area (Å²) in [4.78, 5) is 5.37. The zero-order valence-electron chi connectivity index (χ0n) is 11.9. The monoisotopic (exact) mass is 322 g/mol. The van der Waals surface area contributed by atoms with Crippen LogP contribution >= 0.6 is 15.9 Å². The summed E-state index contributed by atoms with van der Waals surface area (Å²) < 4.78 is 1.19. The highest BCUT2D eigenvalue weighted by atomic mass is 79.9. The number of aryl methyl sites for hydroxylation is 1. The van der Waals surface area contributed by atoms with Gasteiger partial charge < -0.3 is 4.90 Å². The van der Waals surface area contributed by atoms with Gasteiger partial charge in [-0.25, -0.2) is 0 Å². The van der Waals surface area contributed by atoms with E-state index in [4.69, 9.17) is 0 Å². The SMILES string of the molecule is CCC1CN2CCCC2CN1c1cc(Br)ccc1C. The second-order valence-electron chi connectivity index (χ2n) is 5.94. The fourth-order valence-corrected chi connectivity index (χ4v) is 3.97. The smallest absolute Gasteiger partial charge is 0.0415 e. The van der Waals surface area contributed by atoms with E-state index in [9.17, 15) is 0 Å². The summed E-state index contributed by atoms with van der Waals surface area (Å²) in [5.41, 5.74) is 2.82. The molecule has 1 aromatic rings. The van der Waals surface area contributed by atoms with Gasteiger partial charge in [-0.1, -0.05) is 28.9 Å². The molecule has 0 N–H and O–H groups in total. The summed E-state index contributed by atoms with van der Waals surface area (Å²) in [5.74, 6) is 0. The summed E-state index contributed by atoms with van der Waals surface area (Å²) in [7, 11) is 0. The maximum atomic E-state index is 3.62. The fourth-order valence-electron chi connectivity index (χ4n) is 3.62. The van der Waals surface area contributed by atoms with E-state index >= 15 is 0 Å². The summed E-state index contributed by atoms with van der Waals surface area (Å²) in [6, 6.07) is 8.12. The summed E-state index contributed by atoms with van der Waals surface area (Å²) in [5, 5.41) is 0. The van der Waals surface area contributed by atoms with E-state index in [2.05, 4.69) is 57.8 Å². The highest BCUT2D eigenvalue weighted by Gasteiger charge is 2.35. The molecule has 3 heteroatoms. The molecule has 0 amide bonds. The quantitative estimate of drug-likeness (QED) is 0.816. The van der Waals surface area contributed by atoms with Crippen molar-refractivity contribution in [2.24, 2.45) is 0 Å². The minimum Gasteiger partial charge on any atom is -0.365 e. The van der Waals surface area contributed by atoms with Crippen molar-refractivity contribution in [1.29, 1.82) is 0 Å². The first-order valence-electron chi connectivity index (χ1n) is 7.46. The van der Waals surface area contributed by atoms with Gasteiger partial charge in [0, 0.05) is 35.3 Å². The van der Waals surface area contributed by atoms with Crippen molar-refractivity contribution in [1.82, 2.24) is 4.90 Å². The second-order valence-corrected chi connectivity index (χ2v) is 6.85. The van der Waals surface area contributed by atoms with Crippen LogP contribution in [-0.2, 0) is 0 Å². The molecule has 2 unspecified atom stereocenters. The number of fused-ring (bicyclic) bond motifs is 1. The molecule has 0 spiro atoms. The Morgan fingerprint density at radius 1 is 1.32 bits per heavy atom. The van der Waals surface area contributed by atoms with Crippen LogP contribution < -0.4 is 4.90 Å². The van der Waals surface area contributed by atoms with Gasteiger partial charge in [-0.3, -0.25) is 4.90 Å². The lowest BCUT2D eigenvalue weighted by molar-refractivity contribution is 0.194. The number of rotatable bonds is 2. The van der Waals surface area contributed by atoms with E-state index < -0.39 is 0 Å². The lowest BCUT2D eigenvalue weighted by Gasteiger charge is -2.45. The standard InChI is InChI=1S/C16H23BrN2/c1-3-14-10-18-8-4-5-15(18)11-19(14)16-9-13(17)7-6-12(16)2/h6-7,9,14-15H,3-5,8,10-11H2,1-2H3. The van der Waals surface area contributed by atoms with Crippen LogP contribution in [0, 0.1) is 6.92 Å². The lowest BCUT2D eigenvalue weighted by atomic mass is 10.0. The van der Waals surface area contributed by atoms with Gasteiger partial charge in [0.2, 0.25) is 0 Å². The normalized spacial score (nSPS) is 27.6. The number of hydrogen-bond donors (Lipinski definition) is 0. The van der Waals surface area contributed by atoms with Gasteiger partial charge in [0.05, 0.1) is 0 Å². The van der Waals surface area contributed by atoms with E-state index in [1.54, 1.807) is 0 Å². The highest BCUT2D eigenvalue weighted by Crippen LogP contribution is 2.33. The minimum atomic E-state index is 0.669. The molecule has 3 rings (SSSR count). The maximum Gasteiger partial charge on any atom is 0.0415 e. The van der Waals surface area contributed by atoms with Crippen LogP contribution in [0.5, 0.6) is 0 Å². The molecule has 0 aromatic heterocycles. The molecule has 0 radical (unpaired) electrons. The summed E-state index contributed by atoms with van der Waals surface area (Å²) in [6.45, 7) is 8.31. The number of piperazine rings is 1. The van der Waals surface area contributed by atoms with Gasteiger partial charge in [0.15, 0.2) is 0 Å². The van der Waals surface area contributed by atoms with Gasteiger partial charge in [-0.2, -0.15) is 0 Å². The Hall–Kier alpha value is -0.540. The van der Waals surface area contributed by atoms with E-state index in [1.807, 2.05) is 0 Å². The average Bonchev–Trinajstić information content (AvgIpc) is 2.87. The first-order chi connectivity index (χ1) is 9.19. The van der Waals surface area contributed by atoms with Crippen LogP contribution in [0.15, 0.2) is 22.7 Å². The molecule has 104 valence electrons. The fraction of sp³-hybridized carbons (Fsp3) is 0.625. The van der Waals surface area contributed by atoms with Crippen molar-refractivity contribution in [3.8, 4) is 0 Å². The molecule has 2 nitrogen and oxygen atoms in total. The number of hydrogen-bond acceptors (Lipinski definition) is 2. The Morgan fingerprint density at radius 3 is 2.95 bits per heavy atom. The Balaban J connectivity index is 1.90. The van der Waals surface area contributed by atoms with Crippen molar-refractivity contribution in [2.45, 2.75) is 45.2 Å². The Labute approximate surface area is 124 Å². The molecule has 2 heterocycles. The van der Waals surface area contributed by atoms with Crippen LogP contribution in [-0.4, -0.2) is 36.6 Å². The van der Waals surface area contributed by atoms with Crippen LogP contribution in [0.2, 0.25) is 0 Å². The van der Waals surface area contributed by atoms with E-state index in [1.165, 1.54) is 54.6 Å². The van der Waals surface area contributed by atoms with Crippen molar-refractivity contribution >= 4 is 21.6 Å². The largest absolute Gasteiger partial charge is 0.365 e. The van der Waals surface area contributed by atoms with Gasteiger partial charge >= 0.3 is 0 Å². The molecule has 2 aliphatic heterocycles. The Morgan fingerprint density at radius 2 is 2.16 bits per heavy atom. The molecule has 2 fully saturated rings. The lowest BCUT2D eigenvalue weighted by Crippen LogP contribution is -2.56. The average molecular weight is 323 g/mol. The van der Waals surface area contributed by atoms with Crippen molar-refractivity contribution < 1.29 is 0 Å². The minimum absolute atomic E-state index is 0.669. The zero-order chi connectivity index (χ0) is 13.4. The number of benzene rings is 1. The number of halogens is 1. The van der Waals surface area contributed by atoms with Crippen molar-refractivity contribution in [3.63, 3.8) is 0 Å². The van der Waals surface area contributed by atoms with Crippen LogP contribution in [0.25, 0.3) is 0 Å². The van der Waals surface area contributed by atoms with Crippen molar-refractivity contribution in [3.05, 3.63) is 28.2 Å². The first kappa shape index (κ1) is 13.4. The van der Waals surface area contributed by atoms with E-state index in [-0.39, 0.29) is 0 Å². The number of nitrogens with zero attached hydrogens (tertiary/aromatic N) is 2. The summed E-state index contributed by atoms with van der Waals surface area (Å²) in [6.07, 6.45) is 3.99. The first-order valence-corrected chi connectivity index (χ1v) is 8.25. The third-order valence-electron chi connectivity index (χ3n) is 4.74. The van der Waals surface area contributed by atoms with E-state index in [0.717, 1.165) is 6.04 Å². The van der Waals surface area contributed by atoms with Crippen LogP contribution in [0.4, 0.5) is 5.69 Å². The molecule has 0 saturated carbocycles. The highest BCUT2D eigenvalue weighted by molar-refractivity contribution is 9.10. The Bertz CT molecular complexity index is 460. The molecule has 19 heavy (non-hydrogen) atoms. The topological polar surface area (TPSA) is 6.48 Å². The van der Waals surface area contributed by atoms with Crippen LogP contribution in [0.3, 0.4) is 0 Å². The maximum absolute atomic E-state index is 3.62. The molecule has 1 aromatic carbocycles. The van der Waals surface area contributed by atoms with Gasteiger partial charge in [0.1, 0.15) is 0 Å². The number of anilines is 1. The molecule has 0 aliphatic carbocycles. The van der Waals surface area contributed by atoms with Crippen molar-refractivity contribution in [2.75, 3.05) is 24.5 Å². The molecule has 2 aliphatic rings. The van der Waals surface area contributed by atoms with E-state index in [0.29, 0.717) is 6.04 Å². The predicted octanol–water partition coefficient (Wildman–Crippen LogP) is 3.82. The third kappa shape index (κ3) is 2.55. The molecule has 2 atom stereocenters. The molecule has 2 saturated heterocycles. The van der Waals surface area contributed by atoms with Gasteiger partial charge in [-0.15, -0.1) is 0 Å².